The number of hydrogen-bond acceptors (Lipinski definition) is 1. The topological polar surface area (TPSA) is 20.2 Å². The molecule has 18 heavy (non-hydrogen) atoms. The lowest BCUT2D eigenvalue weighted by Crippen LogP contribution is -2.20. The molecule has 0 amide bonds. The molecule has 1 saturated carbocycles. The van der Waals surface area contributed by atoms with Gasteiger partial charge in [0, 0.05) is 10.0 Å². The summed E-state index contributed by atoms with van der Waals surface area (Å²) in [5.41, 5.74) is 0.322. The molecule has 4 heteroatoms. The Kier molecular flexibility index (Phi) is 4.68. The molecule has 1 atom stereocenters. The van der Waals surface area contributed by atoms with E-state index in [0.29, 0.717) is 16.0 Å². The maximum absolute atomic E-state index is 14.0. The zero-order valence-electron chi connectivity index (χ0n) is 10.3. The lowest BCUT2D eigenvalue weighted by atomic mass is 9.78. The molecular weight excluding hydrogens is 319 g/mol. The minimum absolute atomic E-state index is 0.0516. The number of benzene rings is 1. The van der Waals surface area contributed by atoms with Gasteiger partial charge in [0.2, 0.25) is 0 Å². The standard InChI is InChI=1S/C14H17BrClFO/c1-8-2-4-9(5-3-8)14(18)10-6-7-11(15)12(16)13(10)17/h6-9,14,18H,2-5H2,1H3. The molecule has 1 aromatic carbocycles. The monoisotopic (exact) mass is 334 g/mol. The van der Waals surface area contributed by atoms with E-state index in [1.54, 1.807) is 12.1 Å². The van der Waals surface area contributed by atoms with Crippen LogP contribution in [0.25, 0.3) is 0 Å². The highest BCUT2D eigenvalue weighted by atomic mass is 79.9. The first-order valence-electron chi connectivity index (χ1n) is 6.32. The Morgan fingerprint density at radius 2 is 1.94 bits per heavy atom. The predicted octanol–water partition coefficient (Wildman–Crippen LogP) is 5.10. The summed E-state index contributed by atoms with van der Waals surface area (Å²) in [5, 5.41) is 10.4. The lowest BCUT2D eigenvalue weighted by Gasteiger charge is -2.30. The third kappa shape index (κ3) is 2.89. The molecule has 1 aliphatic rings. The van der Waals surface area contributed by atoms with Gasteiger partial charge in [-0.2, -0.15) is 0 Å². The molecule has 1 aliphatic carbocycles. The van der Waals surface area contributed by atoms with Crippen molar-refractivity contribution in [3.63, 3.8) is 0 Å². The highest BCUT2D eigenvalue weighted by Crippen LogP contribution is 2.39. The van der Waals surface area contributed by atoms with E-state index in [0.717, 1.165) is 25.7 Å². The number of aliphatic hydroxyl groups is 1. The SMILES string of the molecule is CC1CCC(C(O)c2ccc(Br)c(Cl)c2F)CC1. The van der Waals surface area contributed by atoms with Gasteiger partial charge in [-0.3, -0.25) is 0 Å². The van der Waals surface area contributed by atoms with Crippen molar-refractivity contribution < 1.29 is 9.50 Å². The van der Waals surface area contributed by atoms with Gasteiger partial charge in [0.15, 0.2) is 0 Å². The molecule has 1 fully saturated rings. The van der Waals surface area contributed by atoms with Crippen LogP contribution in [-0.4, -0.2) is 5.11 Å². The van der Waals surface area contributed by atoms with Gasteiger partial charge >= 0.3 is 0 Å². The van der Waals surface area contributed by atoms with Crippen LogP contribution in [0, 0.1) is 17.7 Å². The summed E-state index contributed by atoms with van der Waals surface area (Å²) in [7, 11) is 0. The zero-order chi connectivity index (χ0) is 13.3. The normalized spacial score (nSPS) is 26.1. The second kappa shape index (κ2) is 5.89. The maximum atomic E-state index is 14.0. The number of hydrogen-bond donors (Lipinski definition) is 1. The van der Waals surface area contributed by atoms with Crippen molar-refractivity contribution in [2.45, 2.75) is 38.7 Å². The molecule has 0 heterocycles. The van der Waals surface area contributed by atoms with Gasteiger partial charge in [-0.15, -0.1) is 0 Å². The van der Waals surface area contributed by atoms with E-state index in [9.17, 15) is 9.50 Å². The van der Waals surface area contributed by atoms with E-state index >= 15 is 0 Å². The fourth-order valence-corrected chi connectivity index (χ4v) is 3.10. The maximum Gasteiger partial charge on any atom is 0.148 e. The molecule has 0 saturated heterocycles. The zero-order valence-corrected chi connectivity index (χ0v) is 12.6. The van der Waals surface area contributed by atoms with Crippen molar-refractivity contribution in [3.8, 4) is 0 Å². The van der Waals surface area contributed by atoms with E-state index in [4.69, 9.17) is 11.6 Å². The highest BCUT2D eigenvalue weighted by molar-refractivity contribution is 9.10. The summed E-state index contributed by atoms with van der Waals surface area (Å²) >= 11 is 9.04. The summed E-state index contributed by atoms with van der Waals surface area (Å²) in [6.45, 7) is 2.22. The molecule has 0 radical (unpaired) electrons. The first-order chi connectivity index (χ1) is 8.50. The average molecular weight is 336 g/mol. The number of aliphatic hydroxyl groups excluding tert-OH is 1. The summed E-state index contributed by atoms with van der Waals surface area (Å²) in [5.74, 6) is 0.358. The largest absolute Gasteiger partial charge is 0.388 e. The van der Waals surface area contributed by atoms with Crippen molar-refractivity contribution in [3.05, 3.63) is 33.0 Å². The molecular formula is C14H17BrClFO. The molecule has 100 valence electrons. The third-order valence-electron chi connectivity index (χ3n) is 3.89. The van der Waals surface area contributed by atoms with Gasteiger partial charge in [-0.05, 0) is 46.7 Å². The van der Waals surface area contributed by atoms with Crippen molar-refractivity contribution in [1.82, 2.24) is 0 Å². The van der Waals surface area contributed by atoms with Crippen LogP contribution in [0.5, 0.6) is 0 Å². The van der Waals surface area contributed by atoms with Crippen molar-refractivity contribution >= 4 is 27.5 Å². The molecule has 1 aromatic rings. The smallest absolute Gasteiger partial charge is 0.148 e. The minimum Gasteiger partial charge on any atom is -0.388 e. The first-order valence-corrected chi connectivity index (χ1v) is 7.49. The molecule has 1 N–H and O–H groups in total. The molecule has 1 nitrogen and oxygen atoms in total. The van der Waals surface area contributed by atoms with Crippen LogP contribution in [0.15, 0.2) is 16.6 Å². The average Bonchev–Trinajstić information content (AvgIpc) is 2.36. The van der Waals surface area contributed by atoms with Gasteiger partial charge in [0.05, 0.1) is 11.1 Å². The highest BCUT2D eigenvalue weighted by Gasteiger charge is 2.28. The van der Waals surface area contributed by atoms with Gasteiger partial charge in [0.25, 0.3) is 0 Å². The van der Waals surface area contributed by atoms with Crippen LogP contribution in [-0.2, 0) is 0 Å². The predicted molar refractivity (Wildman–Crippen MR) is 75.2 cm³/mol. The summed E-state index contributed by atoms with van der Waals surface area (Å²) in [6, 6.07) is 3.31. The van der Waals surface area contributed by atoms with Crippen LogP contribution >= 0.6 is 27.5 Å². The van der Waals surface area contributed by atoms with Crippen molar-refractivity contribution in [2.24, 2.45) is 11.8 Å². The van der Waals surface area contributed by atoms with E-state index in [-0.39, 0.29) is 10.9 Å². The van der Waals surface area contributed by atoms with Crippen molar-refractivity contribution in [2.75, 3.05) is 0 Å². The summed E-state index contributed by atoms with van der Waals surface area (Å²) < 4.78 is 14.5. The van der Waals surface area contributed by atoms with Crippen LogP contribution in [0.2, 0.25) is 5.02 Å². The lowest BCUT2D eigenvalue weighted by molar-refractivity contribution is 0.0726. The molecule has 0 aliphatic heterocycles. The Morgan fingerprint density at radius 1 is 1.33 bits per heavy atom. The van der Waals surface area contributed by atoms with Gasteiger partial charge in [-0.25, -0.2) is 4.39 Å². The van der Waals surface area contributed by atoms with E-state index in [2.05, 4.69) is 22.9 Å². The molecule has 2 rings (SSSR count). The van der Waals surface area contributed by atoms with E-state index in [1.165, 1.54) is 0 Å². The summed E-state index contributed by atoms with van der Waals surface area (Å²) in [6.07, 6.45) is 3.37. The van der Waals surface area contributed by atoms with Crippen LogP contribution in [0.4, 0.5) is 4.39 Å². The Morgan fingerprint density at radius 3 is 2.56 bits per heavy atom. The number of rotatable bonds is 2. The molecule has 0 spiro atoms. The minimum atomic E-state index is -0.747. The molecule has 1 unspecified atom stereocenters. The second-order valence-electron chi connectivity index (χ2n) is 5.23. The fourth-order valence-electron chi connectivity index (χ4n) is 2.62. The van der Waals surface area contributed by atoms with E-state index in [1.807, 2.05) is 0 Å². The van der Waals surface area contributed by atoms with Gasteiger partial charge in [-0.1, -0.05) is 37.4 Å². The van der Waals surface area contributed by atoms with Crippen LogP contribution in [0.3, 0.4) is 0 Å². The fraction of sp³-hybridized carbons (Fsp3) is 0.571. The van der Waals surface area contributed by atoms with Crippen LogP contribution < -0.4 is 0 Å². The molecule has 0 aromatic heterocycles. The third-order valence-corrected chi connectivity index (χ3v) is 5.15. The number of halogens is 3. The van der Waals surface area contributed by atoms with Crippen molar-refractivity contribution in [1.29, 1.82) is 0 Å². The van der Waals surface area contributed by atoms with Crippen LogP contribution in [0.1, 0.15) is 44.3 Å². The van der Waals surface area contributed by atoms with Gasteiger partial charge in [0.1, 0.15) is 5.82 Å². The van der Waals surface area contributed by atoms with Gasteiger partial charge < -0.3 is 5.11 Å². The Labute approximate surface area is 120 Å². The first kappa shape index (κ1) is 14.3. The Bertz CT molecular complexity index is 430. The Hall–Kier alpha value is -0.120. The van der Waals surface area contributed by atoms with E-state index < -0.39 is 11.9 Å². The second-order valence-corrected chi connectivity index (χ2v) is 6.46. The summed E-state index contributed by atoms with van der Waals surface area (Å²) in [4.78, 5) is 0. The molecule has 0 bridgehead atoms. The quantitative estimate of drug-likeness (QED) is 0.745. The Balaban J connectivity index is 2.18.